The van der Waals surface area contributed by atoms with E-state index < -0.39 is 17.3 Å². The predicted molar refractivity (Wildman–Crippen MR) is 85.7 cm³/mol. The van der Waals surface area contributed by atoms with E-state index in [9.17, 15) is 8.78 Å². The molecule has 1 N–H and O–H groups in total. The van der Waals surface area contributed by atoms with Gasteiger partial charge in [-0.05, 0) is 0 Å². The molecule has 8 heteroatoms. The van der Waals surface area contributed by atoms with Crippen molar-refractivity contribution < 1.29 is 8.78 Å². The zero-order valence-corrected chi connectivity index (χ0v) is 15.0. The van der Waals surface area contributed by atoms with Gasteiger partial charge in [0.15, 0.2) is 0 Å². The molecule has 0 radical (unpaired) electrons. The van der Waals surface area contributed by atoms with Crippen LogP contribution in [0.25, 0.3) is 16.1 Å². The number of nitrogens with one attached hydrogen (secondary N) is 1. The molecule has 0 aliphatic rings. The zero-order chi connectivity index (χ0) is 17.6. The van der Waals surface area contributed by atoms with Crippen molar-refractivity contribution in [3.05, 3.63) is 72.0 Å². The molecule has 1 aromatic carbocycles. The molecule has 0 spiro atoms. The number of pyridine rings is 1. The molecule has 0 saturated heterocycles. The Hall–Kier alpha value is -4.11. The Labute approximate surface area is 138 Å². The summed E-state index contributed by atoms with van der Waals surface area (Å²) < 4.78 is 29.8. The topological polar surface area (TPSA) is 47.1 Å². The average Bonchev–Trinajstić information content (AvgIpc) is 3.13. The van der Waals surface area contributed by atoms with Crippen LogP contribution in [0, 0.1) is 18.2 Å². The molecule has 0 bridgehead atoms. The molecular weight excluding hydrogens is 574 g/mol. The third-order valence-corrected chi connectivity index (χ3v) is 5.56. The molecule has 0 aliphatic heterocycles. The van der Waals surface area contributed by atoms with Gasteiger partial charge < -0.3 is 0 Å². The normalized spacial score (nSPS) is 10.3. The molecule has 0 atom stereocenters. The molecule has 0 saturated carbocycles. The first kappa shape index (κ1) is 15.8. The molecular formula is C17H13F2LrN5. The second-order valence-corrected chi connectivity index (χ2v) is 7.27. The van der Waals surface area contributed by atoms with Gasteiger partial charge in [0.05, 0.1) is 0 Å². The first-order chi connectivity index (χ1) is 12.2. The van der Waals surface area contributed by atoms with Crippen LogP contribution in [0.3, 0.4) is 0 Å². The van der Waals surface area contributed by atoms with E-state index in [1.165, 1.54) is 6.07 Å². The Kier molecular flexibility index (Phi) is 4.40. The summed E-state index contributed by atoms with van der Waals surface area (Å²) in [7, 11) is 0. The van der Waals surface area contributed by atoms with Crippen LogP contribution in [0.4, 0.5) is 14.5 Å². The standard InChI is InChI=1S/C12H5F2N2.C5H8N3.Lr/c1-15-12-9(13)6-5-8(11(12)14)10-4-2-3-7-16-10;6-2-5-8-4-1-3-7-8;/h2-4,6-7H;1,3-4,6H,2,5H2;/q;-1;+1. The van der Waals surface area contributed by atoms with Gasteiger partial charge in [0, 0.05) is 0 Å². The van der Waals surface area contributed by atoms with Gasteiger partial charge in [0.1, 0.15) is 0 Å². The van der Waals surface area contributed by atoms with Crippen molar-refractivity contribution in [2.75, 3.05) is 6.54 Å². The fourth-order valence-corrected chi connectivity index (χ4v) is 4.22. The third-order valence-electron chi connectivity index (χ3n) is 3.21. The Balaban J connectivity index is 1.86. The summed E-state index contributed by atoms with van der Waals surface area (Å²) >= 11 is 0. The van der Waals surface area contributed by atoms with Crippen molar-refractivity contribution in [2.24, 2.45) is 0 Å². The van der Waals surface area contributed by atoms with Crippen molar-refractivity contribution >= 4 is 11.8 Å². The maximum atomic E-state index is 14.7. The molecule has 0 amide bonds. The molecule has 0 aliphatic carbocycles. The van der Waals surface area contributed by atoms with E-state index in [1.807, 2.05) is 12.3 Å². The van der Waals surface area contributed by atoms with E-state index in [4.69, 9.17) is 6.57 Å². The second kappa shape index (κ2) is 6.98. The van der Waals surface area contributed by atoms with Crippen molar-refractivity contribution in [1.29, 1.82) is 0 Å². The van der Waals surface area contributed by atoms with Gasteiger partial charge in [-0.1, -0.05) is 0 Å². The molecule has 2 heterocycles. The van der Waals surface area contributed by atoms with Crippen molar-refractivity contribution in [1.82, 2.24) is 20.5 Å². The summed E-state index contributed by atoms with van der Waals surface area (Å²) in [6.07, 6.45) is 5.09. The van der Waals surface area contributed by atoms with Gasteiger partial charge >= 0.3 is 137 Å². The van der Waals surface area contributed by atoms with Gasteiger partial charge in [-0.2, -0.15) is 0 Å². The van der Waals surface area contributed by atoms with Gasteiger partial charge in [-0.25, -0.2) is 0 Å². The third kappa shape index (κ3) is 3.30. The van der Waals surface area contributed by atoms with E-state index in [-0.39, 0.29) is 5.56 Å². The number of nitrogens with zero attached hydrogens (tertiary/aromatic N) is 4. The van der Waals surface area contributed by atoms with Crippen molar-refractivity contribution in [3.63, 3.8) is 0 Å². The van der Waals surface area contributed by atoms with Gasteiger partial charge in [-0.3, -0.25) is 0 Å². The van der Waals surface area contributed by atoms with Crippen LogP contribution in [0.1, 0.15) is 0 Å². The zero-order valence-electron chi connectivity index (χ0n) is 12.8. The van der Waals surface area contributed by atoms with Gasteiger partial charge in [-0.15, -0.1) is 0 Å². The Morgan fingerprint density at radius 2 is 2.12 bits per heavy atom. The number of halogens is 2. The van der Waals surface area contributed by atoms with Crippen molar-refractivity contribution in [2.45, 2.75) is 6.54 Å². The van der Waals surface area contributed by atoms with Crippen LogP contribution >= 0.6 is 0 Å². The Morgan fingerprint density at radius 3 is 2.80 bits per heavy atom. The number of hydrogen-bond acceptors (Lipinski definition) is 3. The molecule has 0 unspecified atom stereocenters. The average molecular weight is 587 g/mol. The first-order valence-corrected chi connectivity index (χ1v) is 9.38. The van der Waals surface area contributed by atoms with Gasteiger partial charge in [0.25, 0.3) is 0 Å². The molecule has 0 fully saturated rings. The molecule has 5 nitrogen and oxygen atoms in total. The van der Waals surface area contributed by atoms with E-state index in [0.29, 0.717) is 24.8 Å². The summed E-state index contributed by atoms with van der Waals surface area (Å²) in [5.74, 6) is -1.69. The maximum absolute atomic E-state index is 14.7. The minimum absolute atomic E-state index is 0.195. The first-order valence-electron chi connectivity index (χ1n) is 7.23. The summed E-state index contributed by atoms with van der Waals surface area (Å²) in [5.41, 5.74) is 3.23. The monoisotopic (exact) mass is 587 g/mol. The summed E-state index contributed by atoms with van der Waals surface area (Å²) in [6, 6.07) is 8.69. The number of aromatic nitrogens is 3. The molecule has 3 aromatic rings. The Morgan fingerprint density at radius 1 is 1.24 bits per heavy atom. The van der Waals surface area contributed by atoms with Crippen LogP contribution < -0.4 is 11.8 Å². The van der Waals surface area contributed by atoms with Crippen LogP contribution in [0.15, 0.2) is 48.9 Å². The molecule has 135 valence electrons. The van der Waals surface area contributed by atoms with Crippen LogP contribution in [0.5, 0.6) is 0 Å². The number of hydrogen-bond donors (Lipinski definition) is 1. The quantitative estimate of drug-likeness (QED) is 0.357. The predicted octanol–water partition coefficient (Wildman–Crippen LogP) is 2.69. The fourth-order valence-electron chi connectivity index (χ4n) is 2.09. The van der Waals surface area contributed by atoms with E-state index >= 15 is 0 Å². The molecule has 3 rings (SSSR count). The SMILES string of the molecule is [C-]#[N+]c1c(F)c[c]([Lr][NH]CCn2cccn2)c(-c2ccccn2)c1F. The summed E-state index contributed by atoms with van der Waals surface area (Å²) in [4.78, 5) is 7.13. The van der Waals surface area contributed by atoms with E-state index in [1.54, 1.807) is 35.3 Å². The second-order valence-electron chi connectivity index (χ2n) is 4.82. The van der Waals surface area contributed by atoms with Gasteiger partial charge in [0.2, 0.25) is 0 Å². The van der Waals surface area contributed by atoms with Crippen LogP contribution in [0.2, 0.25) is 0 Å². The molecule has 2 aromatic heterocycles. The fraction of sp³-hybridized carbons (Fsp3) is 0.118. The van der Waals surface area contributed by atoms with Crippen LogP contribution in [-0.4, -0.2) is 21.3 Å². The number of benzene rings is 1. The van der Waals surface area contributed by atoms with E-state index in [0.717, 1.165) is 0 Å². The summed E-state index contributed by atoms with van der Waals surface area (Å²) in [5, 5.41) is 4.10. The van der Waals surface area contributed by atoms with Crippen LogP contribution in [-0.2, 0) is 6.54 Å². The molecule has 25 heavy (non-hydrogen) atoms. The number of rotatable bonds is 6. The summed E-state index contributed by atoms with van der Waals surface area (Å²) in [6.45, 7) is 8.29. The van der Waals surface area contributed by atoms with E-state index in [2.05, 4.69) is 20.7 Å². The minimum atomic E-state index is -0.853. The Bertz CT molecular complexity index is 892. The van der Waals surface area contributed by atoms with Crippen molar-refractivity contribution in [3.8, 4) is 11.3 Å².